The van der Waals surface area contributed by atoms with Gasteiger partial charge in [0.1, 0.15) is 0 Å². The van der Waals surface area contributed by atoms with Gasteiger partial charge in [0.15, 0.2) is 11.5 Å². The summed E-state index contributed by atoms with van der Waals surface area (Å²) in [4.78, 5) is 3.59. The van der Waals surface area contributed by atoms with Gasteiger partial charge in [-0.1, -0.05) is 15.9 Å². The average molecular weight is 325 g/mol. The Balaban J connectivity index is 1.75. The van der Waals surface area contributed by atoms with Crippen LogP contribution in [0.25, 0.3) is 0 Å². The zero-order chi connectivity index (χ0) is 13.2. The highest BCUT2D eigenvalue weighted by molar-refractivity contribution is 9.10. The van der Waals surface area contributed by atoms with Gasteiger partial charge in [0.25, 0.3) is 0 Å². The summed E-state index contributed by atoms with van der Waals surface area (Å²) in [5.74, 6) is 0.978. The summed E-state index contributed by atoms with van der Waals surface area (Å²) in [7, 11) is 0. The maximum absolute atomic E-state index is 12.7. The van der Waals surface area contributed by atoms with Crippen LogP contribution in [0.1, 0.15) is 5.56 Å². The number of aromatic nitrogens is 1. The van der Waals surface area contributed by atoms with Crippen molar-refractivity contribution in [1.29, 1.82) is 0 Å². The molecular formula is C13H10BrFN2O2. The van der Waals surface area contributed by atoms with Crippen molar-refractivity contribution < 1.29 is 13.9 Å². The number of fused-ring (bicyclic) bond motifs is 1. The van der Waals surface area contributed by atoms with Crippen molar-refractivity contribution in [3.63, 3.8) is 0 Å². The van der Waals surface area contributed by atoms with E-state index in [-0.39, 0.29) is 6.79 Å². The van der Waals surface area contributed by atoms with Gasteiger partial charge in [-0.15, -0.1) is 0 Å². The maximum atomic E-state index is 12.7. The summed E-state index contributed by atoms with van der Waals surface area (Å²) in [5.41, 5.74) is 1.78. The van der Waals surface area contributed by atoms with Crippen molar-refractivity contribution >= 4 is 21.6 Å². The third-order valence-corrected chi connectivity index (χ3v) is 3.49. The summed E-state index contributed by atoms with van der Waals surface area (Å²) >= 11 is 3.48. The second-order valence-electron chi connectivity index (χ2n) is 4.02. The van der Waals surface area contributed by atoms with Crippen LogP contribution in [-0.2, 0) is 6.54 Å². The highest BCUT2D eigenvalue weighted by Gasteiger charge is 2.16. The van der Waals surface area contributed by atoms with Gasteiger partial charge >= 0.3 is 0 Å². The fraction of sp³-hybridized carbons (Fsp3) is 0.154. The number of nitrogens with zero attached hydrogens (tertiary/aromatic N) is 1. The molecule has 98 valence electrons. The smallest absolute Gasteiger partial charge is 0.231 e. The average Bonchev–Trinajstić information content (AvgIpc) is 2.85. The van der Waals surface area contributed by atoms with Crippen LogP contribution in [-0.4, -0.2) is 11.8 Å². The highest BCUT2D eigenvalue weighted by atomic mass is 79.9. The van der Waals surface area contributed by atoms with Crippen LogP contribution >= 0.6 is 15.9 Å². The molecule has 19 heavy (non-hydrogen) atoms. The molecule has 1 aliphatic rings. The van der Waals surface area contributed by atoms with Gasteiger partial charge in [-0.05, 0) is 29.8 Å². The molecule has 0 saturated carbocycles. The van der Waals surface area contributed by atoms with Crippen LogP contribution in [0.4, 0.5) is 10.1 Å². The number of pyridine rings is 1. The molecule has 0 saturated heterocycles. The first-order valence-corrected chi connectivity index (χ1v) is 6.45. The lowest BCUT2D eigenvalue weighted by Gasteiger charge is -2.09. The number of halogens is 2. The third kappa shape index (κ3) is 2.63. The van der Waals surface area contributed by atoms with E-state index in [2.05, 4.69) is 26.2 Å². The standard InChI is InChI=1S/C13H10BrFN2O2/c14-10-4-12-11(18-7-19-12)3-8(10)5-16-9-1-2-13(15)17-6-9/h1-4,6,16H,5,7H2. The van der Waals surface area contributed by atoms with Gasteiger partial charge in [-0.3, -0.25) is 0 Å². The van der Waals surface area contributed by atoms with Crippen LogP contribution < -0.4 is 14.8 Å². The third-order valence-electron chi connectivity index (χ3n) is 2.75. The van der Waals surface area contributed by atoms with Crippen molar-refractivity contribution in [2.45, 2.75) is 6.54 Å². The van der Waals surface area contributed by atoms with E-state index in [9.17, 15) is 4.39 Å². The van der Waals surface area contributed by atoms with E-state index in [0.29, 0.717) is 6.54 Å². The molecule has 2 aromatic rings. The monoisotopic (exact) mass is 324 g/mol. The number of hydrogen-bond acceptors (Lipinski definition) is 4. The Bertz CT molecular complexity index is 604. The minimum atomic E-state index is -0.491. The molecule has 1 aliphatic heterocycles. The molecule has 0 aliphatic carbocycles. The molecule has 3 rings (SSSR count). The Morgan fingerprint density at radius 2 is 2.05 bits per heavy atom. The molecule has 0 unspecified atom stereocenters. The summed E-state index contributed by atoms with van der Waals surface area (Å²) in [5, 5.41) is 3.16. The van der Waals surface area contributed by atoms with Crippen molar-refractivity contribution in [2.24, 2.45) is 0 Å². The maximum Gasteiger partial charge on any atom is 0.231 e. The normalized spacial score (nSPS) is 12.5. The summed E-state index contributed by atoms with van der Waals surface area (Å²) in [6, 6.07) is 6.75. The zero-order valence-electron chi connectivity index (χ0n) is 9.82. The molecule has 1 aromatic heterocycles. The molecule has 0 spiro atoms. The predicted octanol–water partition coefficient (Wildman–Crippen LogP) is 3.32. The van der Waals surface area contributed by atoms with E-state index in [1.54, 1.807) is 6.07 Å². The lowest BCUT2D eigenvalue weighted by atomic mass is 10.2. The largest absolute Gasteiger partial charge is 0.454 e. The molecule has 0 atom stereocenters. The fourth-order valence-corrected chi connectivity index (χ4v) is 2.23. The van der Waals surface area contributed by atoms with Crippen LogP contribution in [0.15, 0.2) is 34.9 Å². The first-order valence-electron chi connectivity index (χ1n) is 5.66. The molecule has 4 nitrogen and oxygen atoms in total. The Morgan fingerprint density at radius 3 is 2.79 bits per heavy atom. The number of rotatable bonds is 3. The second-order valence-corrected chi connectivity index (χ2v) is 4.87. The van der Waals surface area contributed by atoms with E-state index >= 15 is 0 Å². The molecule has 2 heterocycles. The summed E-state index contributed by atoms with van der Waals surface area (Å²) in [6.07, 6.45) is 1.45. The van der Waals surface area contributed by atoms with Crippen molar-refractivity contribution in [3.8, 4) is 11.5 Å². The number of benzene rings is 1. The van der Waals surface area contributed by atoms with Gasteiger partial charge < -0.3 is 14.8 Å². The SMILES string of the molecule is Fc1ccc(NCc2cc3c(cc2Br)OCO3)cn1. The Kier molecular flexibility index (Phi) is 3.25. The fourth-order valence-electron chi connectivity index (χ4n) is 1.77. The van der Waals surface area contributed by atoms with Gasteiger partial charge in [0, 0.05) is 11.0 Å². The van der Waals surface area contributed by atoms with E-state index < -0.39 is 5.95 Å². The molecule has 0 fully saturated rings. The van der Waals surface area contributed by atoms with E-state index in [4.69, 9.17) is 9.47 Å². The van der Waals surface area contributed by atoms with Gasteiger partial charge in [-0.2, -0.15) is 4.39 Å². The van der Waals surface area contributed by atoms with E-state index in [0.717, 1.165) is 27.2 Å². The molecule has 0 amide bonds. The zero-order valence-corrected chi connectivity index (χ0v) is 11.4. The molecule has 6 heteroatoms. The van der Waals surface area contributed by atoms with Crippen LogP contribution in [0.5, 0.6) is 11.5 Å². The Hall–Kier alpha value is -1.82. The Labute approximate surface area is 117 Å². The summed E-state index contributed by atoms with van der Waals surface area (Å²) < 4.78 is 24.2. The van der Waals surface area contributed by atoms with Crippen LogP contribution in [0.3, 0.4) is 0 Å². The van der Waals surface area contributed by atoms with E-state index in [1.807, 2.05) is 12.1 Å². The Morgan fingerprint density at radius 1 is 1.26 bits per heavy atom. The topological polar surface area (TPSA) is 43.4 Å². The number of anilines is 1. The minimum absolute atomic E-state index is 0.251. The minimum Gasteiger partial charge on any atom is -0.454 e. The highest BCUT2D eigenvalue weighted by Crippen LogP contribution is 2.37. The van der Waals surface area contributed by atoms with Crippen LogP contribution in [0, 0.1) is 5.95 Å². The van der Waals surface area contributed by atoms with Gasteiger partial charge in [-0.25, -0.2) is 4.98 Å². The second kappa shape index (κ2) is 5.05. The van der Waals surface area contributed by atoms with Crippen molar-refractivity contribution in [3.05, 3.63) is 46.4 Å². The summed E-state index contributed by atoms with van der Waals surface area (Å²) in [6.45, 7) is 0.824. The van der Waals surface area contributed by atoms with Gasteiger partial charge in [0.2, 0.25) is 12.7 Å². The lowest BCUT2D eigenvalue weighted by Crippen LogP contribution is -2.01. The van der Waals surface area contributed by atoms with Crippen LogP contribution in [0.2, 0.25) is 0 Å². The molecule has 0 radical (unpaired) electrons. The molecule has 1 aromatic carbocycles. The molecular weight excluding hydrogens is 315 g/mol. The van der Waals surface area contributed by atoms with Crippen molar-refractivity contribution in [1.82, 2.24) is 4.98 Å². The number of hydrogen-bond donors (Lipinski definition) is 1. The van der Waals surface area contributed by atoms with Crippen molar-refractivity contribution in [2.75, 3.05) is 12.1 Å². The number of nitrogens with one attached hydrogen (secondary N) is 1. The quantitative estimate of drug-likeness (QED) is 0.879. The van der Waals surface area contributed by atoms with E-state index in [1.165, 1.54) is 12.3 Å². The molecule has 1 N–H and O–H groups in total. The molecule has 0 bridgehead atoms. The van der Waals surface area contributed by atoms with Gasteiger partial charge in [0.05, 0.1) is 11.9 Å². The first-order chi connectivity index (χ1) is 9.22. The lowest BCUT2D eigenvalue weighted by molar-refractivity contribution is 0.174. The number of ether oxygens (including phenoxy) is 2. The predicted molar refractivity (Wildman–Crippen MR) is 71.8 cm³/mol. The first kappa shape index (κ1) is 12.2.